The molecule has 1 aromatic heterocycles. The number of carbonyl (C=O) groups is 2. The molecule has 1 heterocycles. The summed E-state index contributed by atoms with van der Waals surface area (Å²) in [4.78, 5) is 25.0. The third-order valence-electron chi connectivity index (χ3n) is 5.23. The second kappa shape index (κ2) is 12.3. The summed E-state index contributed by atoms with van der Waals surface area (Å²) in [6.07, 6.45) is 2.35. The number of thiocarbonyl (C=S) groups is 1. The number of hydrogen-bond acceptors (Lipinski definition) is 5. The smallest absolute Gasteiger partial charge is 0.257 e. The lowest BCUT2D eigenvalue weighted by Crippen LogP contribution is -2.34. The van der Waals surface area contributed by atoms with Crippen molar-refractivity contribution in [1.29, 1.82) is 0 Å². The van der Waals surface area contributed by atoms with Crippen molar-refractivity contribution in [3.63, 3.8) is 0 Å². The Kier molecular flexibility index (Phi) is 8.45. The minimum absolute atomic E-state index is 0.122. The van der Waals surface area contributed by atoms with Gasteiger partial charge in [-0.2, -0.15) is 0 Å². The Labute approximate surface area is 214 Å². The number of amides is 2. The van der Waals surface area contributed by atoms with Gasteiger partial charge in [0.1, 0.15) is 11.5 Å². The highest BCUT2D eigenvalue weighted by Gasteiger charge is 2.11. The summed E-state index contributed by atoms with van der Waals surface area (Å²) in [5.74, 6) is 0.741. The van der Waals surface area contributed by atoms with E-state index in [-0.39, 0.29) is 23.5 Å². The van der Waals surface area contributed by atoms with Gasteiger partial charge in [-0.3, -0.25) is 14.9 Å². The molecule has 0 bridgehead atoms. The third-order valence-corrected chi connectivity index (χ3v) is 5.44. The molecule has 4 aromatic rings. The molecule has 182 valence electrons. The van der Waals surface area contributed by atoms with Crippen molar-refractivity contribution in [2.45, 2.75) is 13.0 Å². The zero-order chi connectivity index (χ0) is 25.2. The Balaban J connectivity index is 1.24. The lowest BCUT2D eigenvalue weighted by molar-refractivity contribution is 0.0946. The van der Waals surface area contributed by atoms with Crippen molar-refractivity contribution in [3.05, 3.63) is 120 Å². The maximum Gasteiger partial charge on any atom is 0.257 e. The summed E-state index contributed by atoms with van der Waals surface area (Å²) in [7, 11) is 0. The van der Waals surface area contributed by atoms with Crippen LogP contribution in [0.1, 0.15) is 32.0 Å². The van der Waals surface area contributed by atoms with Crippen LogP contribution in [0.5, 0.6) is 5.75 Å². The van der Waals surface area contributed by atoms with E-state index in [0.29, 0.717) is 34.9 Å². The quantitative estimate of drug-likeness (QED) is 0.282. The van der Waals surface area contributed by atoms with Gasteiger partial charge in [0.25, 0.3) is 11.8 Å². The SMILES string of the molecule is O=C(NCc1ccco1)c1cccc(NC(=S)NC(=O)c2ccc(OCCc3ccccc3)cc2)c1. The maximum absolute atomic E-state index is 12.6. The van der Waals surface area contributed by atoms with E-state index in [1.165, 1.54) is 5.56 Å². The summed E-state index contributed by atoms with van der Waals surface area (Å²) in [5.41, 5.74) is 2.67. The molecular formula is C28H25N3O4S. The van der Waals surface area contributed by atoms with Gasteiger partial charge in [0.15, 0.2) is 5.11 Å². The van der Waals surface area contributed by atoms with Crippen LogP contribution < -0.4 is 20.7 Å². The molecule has 0 spiro atoms. The van der Waals surface area contributed by atoms with E-state index in [1.807, 2.05) is 18.2 Å². The molecule has 0 aliphatic carbocycles. The summed E-state index contributed by atoms with van der Waals surface area (Å²) < 4.78 is 11.0. The second-order valence-electron chi connectivity index (χ2n) is 7.86. The van der Waals surface area contributed by atoms with Crippen LogP contribution in [0.15, 0.2) is 102 Å². The van der Waals surface area contributed by atoms with E-state index in [2.05, 4.69) is 28.1 Å². The Morgan fingerprint density at radius 2 is 1.64 bits per heavy atom. The Bertz CT molecular complexity index is 1310. The standard InChI is InChI=1S/C28H25N3O4S/c32-26(29-19-25-10-5-16-34-25)22-8-4-9-23(18-22)30-28(36)31-27(33)21-11-13-24(14-12-21)35-17-15-20-6-2-1-3-7-20/h1-14,16,18H,15,17,19H2,(H,29,32)(H2,30,31,33,36). The molecule has 0 radical (unpaired) electrons. The summed E-state index contributed by atoms with van der Waals surface area (Å²) in [5, 5.41) is 8.50. The van der Waals surface area contributed by atoms with E-state index in [0.717, 1.165) is 6.42 Å². The lowest BCUT2D eigenvalue weighted by atomic mass is 10.2. The van der Waals surface area contributed by atoms with E-state index in [9.17, 15) is 9.59 Å². The lowest BCUT2D eigenvalue weighted by Gasteiger charge is -2.11. The zero-order valence-corrected chi connectivity index (χ0v) is 20.2. The largest absolute Gasteiger partial charge is 0.493 e. The van der Waals surface area contributed by atoms with Crippen molar-refractivity contribution in [2.24, 2.45) is 0 Å². The van der Waals surface area contributed by atoms with E-state index in [4.69, 9.17) is 21.4 Å². The van der Waals surface area contributed by atoms with E-state index in [1.54, 1.807) is 66.9 Å². The molecule has 0 unspecified atom stereocenters. The van der Waals surface area contributed by atoms with Gasteiger partial charge < -0.3 is 19.8 Å². The minimum atomic E-state index is -0.351. The highest BCUT2D eigenvalue weighted by atomic mass is 32.1. The Morgan fingerprint density at radius 1 is 0.833 bits per heavy atom. The first-order valence-electron chi connectivity index (χ1n) is 11.4. The van der Waals surface area contributed by atoms with Crippen LogP contribution in [-0.2, 0) is 13.0 Å². The number of rotatable bonds is 9. The van der Waals surface area contributed by atoms with E-state index < -0.39 is 0 Å². The van der Waals surface area contributed by atoms with Crippen molar-refractivity contribution < 1.29 is 18.7 Å². The first kappa shape index (κ1) is 24.7. The topological polar surface area (TPSA) is 92.6 Å². The molecule has 0 aliphatic rings. The number of furan rings is 1. The number of anilines is 1. The molecule has 2 amide bonds. The summed E-state index contributed by atoms with van der Waals surface area (Å²) in [6, 6.07) is 27.3. The average molecular weight is 500 g/mol. The van der Waals surface area contributed by atoms with Gasteiger partial charge in [-0.05, 0) is 72.4 Å². The van der Waals surface area contributed by atoms with Crippen LogP contribution >= 0.6 is 12.2 Å². The van der Waals surface area contributed by atoms with Gasteiger partial charge in [-0.25, -0.2) is 0 Å². The molecule has 4 rings (SSSR count). The number of nitrogens with one attached hydrogen (secondary N) is 3. The predicted octanol–water partition coefficient (Wildman–Crippen LogP) is 4.96. The summed E-state index contributed by atoms with van der Waals surface area (Å²) in [6.45, 7) is 0.832. The van der Waals surface area contributed by atoms with Crippen molar-refractivity contribution in [3.8, 4) is 5.75 Å². The Hall–Kier alpha value is -4.43. The number of carbonyl (C=O) groups excluding carboxylic acids is 2. The molecule has 36 heavy (non-hydrogen) atoms. The highest BCUT2D eigenvalue weighted by Crippen LogP contribution is 2.14. The van der Waals surface area contributed by atoms with Gasteiger partial charge in [0.2, 0.25) is 0 Å². The normalized spacial score (nSPS) is 10.3. The highest BCUT2D eigenvalue weighted by molar-refractivity contribution is 7.80. The van der Waals surface area contributed by atoms with Crippen LogP contribution in [0.4, 0.5) is 5.69 Å². The molecule has 0 saturated carbocycles. The van der Waals surface area contributed by atoms with Crippen LogP contribution in [0.25, 0.3) is 0 Å². The molecular weight excluding hydrogens is 474 g/mol. The fourth-order valence-electron chi connectivity index (χ4n) is 3.39. The van der Waals surface area contributed by atoms with Gasteiger partial charge in [0.05, 0.1) is 19.4 Å². The monoisotopic (exact) mass is 499 g/mol. The third kappa shape index (κ3) is 7.28. The first-order chi connectivity index (χ1) is 17.6. The number of hydrogen-bond donors (Lipinski definition) is 3. The maximum atomic E-state index is 12.6. The fraction of sp³-hybridized carbons (Fsp3) is 0.107. The Morgan fingerprint density at radius 3 is 2.39 bits per heavy atom. The molecule has 3 aromatic carbocycles. The first-order valence-corrected chi connectivity index (χ1v) is 11.8. The summed E-state index contributed by atoms with van der Waals surface area (Å²) >= 11 is 5.28. The molecule has 7 nitrogen and oxygen atoms in total. The number of benzene rings is 3. The molecule has 3 N–H and O–H groups in total. The van der Waals surface area contributed by atoms with Crippen molar-refractivity contribution in [1.82, 2.24) is 10.6 Å². The van der Waals surface area contributed by atoms with Gasteiger partial charge >= 0.3 is 0 Å². The molecule has 0 fully saturated rings. The average Bonchev–Trinajstić information content (AvgIpc) is 3.42. The molecule has 8 heteroatoms. The van der Waals surface area contributed by atoms with Crippen LogP contribution in [0.2, 0.25) is 0 Å². The van der Waals surface area contributed by atoms with E-state index >= 15 is 0 Å². The van der Waals surface area contributed by atoms with Gasteiger partial charge in [0, 0.05) is 23.2 Å². The fourth-order valence-corrected chi connectivity index (χ4v) is 3.60. The molecule has 0 aliphatic heterocycles. The van der Waals surface area contributed by atoms with Gasteiger partial charge in [-0.1, -0.05) is 36.4 Å². The van der Waals surface area contributed by atoms with Crippen LogP contribution in [0.3, 0.4) is 0 Å². The van der Waals surface area contributed by atoms with Crippen LogP contribution in [0, 0.1) is 0 Å². The molecule has 0 saturated heterocycles. The second-order valence-corrected chi connectivity index (χ2v) is 8.27. The van der Waals surface area contributed by atoms with Crippen molar-refractivity contribution in [2.75, 3.05) is 11.9 Å². The van der Waals surface area contributed by atoms with Crippen LogP contribution in [-0.4, -0.2) is 23.5 Å². The van der Waals surface area contributed by atoms with Crippen molar-refractivity contribution >= 4 is 34.8 Å². The molecule has 0 atom stereocenters. The minimum Gasteiger partial charge on any atom is -0.493 e. The predicted molar refractivity (Wildman–Crippen MR) is 142 cm³/mol. The zero-order valence-electron chi connectivity index (χ0n) is 19.4. The number of ether oxygens (including phenoxy) is 1. The van der Waals surface area contributed by atoms with Gasteiger partial charge in [-0.15, -0.1) is 0 Å².